The lowest BCUT2D eigenvalue weighted by atomic mass is 9.99. The van der Waals surface area contributed by atoms with E-state index in [1.54, 1.807) is 4.68 Å². The molecule has 0 aliphatic heterocycles. The highest BCUT2D eigenvalue weighted by Gasteiger charge is 2.11. The van der Waals surface area contributed by atoms with Gasteiger partial charge in [-0.3, -0.25) is 0 Å². The third kappa shape index (κ3) is 2.17. The van der Waals surface area contributed by atoms with Crippen molar-refractivity contribution in [2.24, 2.45) is 5.10 Å². The number of nitrogens with two attached hydrogens (primary N) is 1. The Bertz CT molecular complexity index is 1100. The molecule has 0 amide bonds. The molecule has 5 heteroatoms. The lowest BCUT2D eigenvalue weighted by Crippen LogP contribution is -1.98. The standard InChI is InChI=1S/C19H19N5/c1-11-8-14(9-21-24-10-12(2)22-19(24)20)13(3)17-15-6-4-5-7-16(15)23-18(11)17/h4-10,23H,1-3H3,(H2,20,22). The number of nitrogen functional groups attached to an aromatic ring is 1. The summed E-state index contributed by atoms with van der Waals surface area (Å²) >= 11 is 0. The van der Waals surface area contributed by atoms with Crippen molar-refractivity contribution < 1.29 is 0 Å². The van der Waals surface area contributed by atoms with Gasteiger partial charge in [0.2, 0.25) is 5.95 Å². The minimum atomic E-state index is 0.395. The van der Waals surface area contributed by atoms with Gasteiger partial charge in [0.15, 0.2) is 0 Å². The number of benzene rings is 2. The molecule has 0 aliphatic carbocycles. The van der Waals surface area contributed by atoms with Gasteiger partial charge in [0.05, 0.1) is 18.1 Å². The van der Waals surface area contributed by atoms with Crippen molar-refractivity contribution in [1.82, 2.24) is 14.6 Å². The zero-order chi connectivity index (χ0) is 16.8. The summed E-state index contributed by atoms with van der Waals surface area (Å²) in [6.07, 6.45) is 3.67. The quantitative estimate of drug-likeness (QED) is 0.550. The highest BCUT2D eigenvalue weighted by Crippen LogP contribution is 2.31. The highest BCUT2D eigenvalue weighted by atomic mass is 15.4. The number of imidazole rings is 1. The molecule has 2 aromatic carbocycles. The van der Waals surface area contributed by atoms with Crippen LogP contribution >= 0.6 is 0 Å². The van der Waals surface area contributed by atoms with Crippen molar-refractivity contribution in [3.05, 3.63) is 58.9 Å². The fraction of sp³-hybridized carbons (Fsp3) is 0.158. The fourth-order valence-corrected chi connectivity index (χ4v) is 3.24. The van der Waals surface area contributed by atoms with Crippen LogP contribution in [0.1, 0.15) is 22.4 Å². The molecule has 0 atom stereocenters. The summed E-state index contributed by atoms with van der Waals surface area (Å²) in [6.45, 7) is 6.14. The monoisotopic (exact) mass is 317 g/mol. The van der Waals surface area contributed by atoms with Gasteiger partial charge < -0.3 is 10.7 Å². The van der Waals surface area contributed by atoms with E-state index < -0.39 is 0 Å². The molecule has 0 unspecified atom stereocenters. The van der Waals surface area contributed by atoms with Crippen molar-refractivity contribution in [3.63, 3.8) is 0 Å². The molecule has 0 radical (unpaired) electrons. The van der Waals surface area contributed by atoms with E-state index in [0.717, 1.165) is 16.8 Å². The number of aryl methyl sites for hydroxylation is 3. The van der Waals surface area contributed by atoms with Crippen molar-refractivity contribution in [2.75, 3.05) is 5.73 Å². The third-order valence-electron chi connectivity index (χ3n) is 4.44. The van der Waals surface area contributed by atoms with Gasteiger partial charge in [0.1, 0.15) is 0 Å². The van der Waals surface area contributed by atoms with E-state index in [4.69, 9.17) is 5.73 Å². The summed E-state index contributed by atoms with van der Waals surface area (Å²) in [5.74, 6) is 0.395. The average Bonchev–Trinajstić information content (AvgIpc) is 3.10. The van der Waals surface area contributed by atoms with E-state index in [-0.39, 0.29) is 0 Å². The molecular weight excluding hydrogens is 298 g/mol. The predicted octanol–water partition coefficient (Wildman–Crippen LogP) is 3.91. The third-order valence-corrected chi connectivity index (χ3v) is 4.44. The lowest BCUT2D eigenvalue weighted by molar-refractivity contribution is 0.897. The topological polar surface area (TPSA) is 72.0 Å². The Morgan fingerprint density at radius 3 is 2.75 bits per heavy atom. The van der Waals surface area contributed by atoms with Crippen LogP contribution in [0.3, 0.4) is 0 Å². The molecule has 0 fully saturated rings. The van der Waals surface area contributed by atoms with E-state index in [9.17, 15) is 0 Å². The first-order valence-corrected chi connectivity index (χ1v) is 7.91. The first kappa shape index (κ1) is 14.5. The van der Waals surface area contributed by atoms with Crippen LogP contribution in [0.25, 0.3) is 21.8 Å². The van der Waals surface area contributed by atoms with E-state index in [1.807, 2.05) is 19.3 Å². The van der Waals surface area contributed by atoms with E-state index in [1.165, 1.54) is 27.4 Å². The van der Waals surface area contributed by atoms with Gasteiger partial charge in [0, 0.05) is 21.8 Å². The second-order valence-corrected chi connectivity index (χ2v) is 6.16. The summed E-state index contributed by atoms with van der Waals surface area (Å²) in [7, 11) is 0. The fourth-order valence-electron chi connectivity index (χ4n) is 3.24. The molecule has 2 aromatic heterocycles. The number of aromatic amines is 1. The minimum Gasteiger partial charge on any atom is -0.368 e. The van der Waals surface area contributed by atoms with Crippen molar-refractivity contribution in [1.29, 1.82) is 0 Å². The molecule has 4 rings (SSSR count). The van der Waals surface area contributed by atoms with Gasteiger partial charge >= 0.3 is 0 Å². The second-order valence-electron chi connectivity index (χ2n) is 6.16. The first-order chi connectivity index (χ1) is 11.5. The Morgan fingerprint density at radius 2 is 2.00 bits per heavy atom. The Labute approximate surface area is 139 Å². The van der Waals surface area contributed by atoms with Crippen LogP contribution in [0.15, 0.2) is 41.6 Å². The van der Waals surface area contributed by atoms with Crippen molar-refractivity contribution in [2.45, 2.75) is 20.8 Å². The predicted molar refractivity (Wildman–Crippen MR) is 99.6 cm³/mol. The van der Waals surface area contributed by atoms with E-state index >= 15 is 0 Å². The number of hydrogen-bond acceptors (Lipinski definition) is 3. The molecule has 4 aromatic rings. The van der Waals surface area contributed by atoms with Crippen molar-refractivity contribution >= 4 is 34.0 Å². The van der Waals surface area contributed by atoms with E-state index in [0.29, 0.717) is 5.95 Å². The number of para-hydroxylation sites is 1. The normalized spacial score (nSPS) is 12.0. The van der Waals surface area contributed by atoms with Crippen LogP contribution in [-0.4, -0.2) is 20.9 Å². The van der Waals surface area contributed by atoms with Gasteiger partial charge in [-0.05, 0) is 49.6 Å². The van der Waals surface area contributed by atoms with Crippen LogP contribution in [0.4, 0.5) is 5.95 Å². The Kier molecular flexibility index (Phi) is 3.16. The molecule has 2 heterocycles. The number of H-pyrrole nitrogens is 1. The summed E-state index contributed by atoms with van der Waals surface area (Å²) < 4.78 is 1.60. The molecule has 0 bridgehead atoms. The second kappa shape index (κ2) is 5.23. The van der Waals surface area contributed by atoms with Gasteiger partial charge in [-0.1, -0.05) is 18.2 Å². The number of rotatable bonds is 2. The minimum absolute atomic E-state index is 0.395. The van der Waals surface area contributed by atoms with Gasteiger partial charge in [0.25, 0.3) is 0 Å². The van der Waals surface area contributed by atoms with Gasteiger partial charge in [-0.15, -0.1) is 0 Å². The number of anilines is 1. The lowest BCUT2D eigenvalue weighted by Gasteiger charge is -2.06. The summed E-state index contributed by atoms with van der Waals surface area (Å²) in [5, 5.41) is 6.95. The van der Waals surface area contributed by atoms with E-state index in [2.05, 4.69) is 59.2 Å². The summed E-state index contributed by atoms with van der Waals surface area (Å²) in [6, 6.07) is 10.5. The molecule has 5 nitrogen and oxygen atoms in total. The van der Waals surface area contributed by atoms with Gasteiger partial charge in [-0.2, -0.15) is 5.10 Å². The first-order valence-electron chi connectivity index (χ1n) is 7.91. The molecule has 0 saturated carbocycles. The number of nitrogens with one attached hydrogen (secondary N) is 1. The Balaban J connectivity index is 1.91. The Hall–Kier alpha value is -3.08. The summed E-state index contributed by atoms with van der Waals surface area (Å²) in [4.78, 5) is 7.69. The number of aromatic nitrogens is 3. The smallest absolute Gasteiger partial charge is 0.221 e. The Morgan fingerprint density at radius 1 is 1.21 bits per heavy atom. The molecule has 0 aliphatic rings. The maximum absolute atomic E-state index is 5.86. The molecule has 3 N–H and O–H groups in total. The molecular formula is C19H19N5. The van der Waals surface area contributed by atoms with Gasteiger partial charge in [-0.25, -0.2) is 9.66 Å². The average molecular weight is 317 g/mol. The largest absolute Gasteiger partial charge is 0.368 e. The molecule has 0 saturated heterocycles. The van der Waals surface area contributed by atoms with Crippen LogP contribution in [-0.2, 0) is 0 Å². The molecule has 120 valence electrons. The highest BCUT2D eigenvalue weighted by molar-refractivity contribution is 6.11. The van der Waals surface area contributed by atoms with Crippen LogP contribution in [0.2, 0.25) is 0 Å². The zero-order valence-corrected chi connectivity index (χ0v) is 14.0. The number of nitrogens with zero attached hydrogens (tertiary/aromatic N) is 3. The number of hydrogen-bond donors (Lipinski definition) is 2. The summed E-state index contributed by atoms with van der Waals surface area (Å²) in [5.41, 5.74) is 12.5. The zero-order valence-electron chi connectivity index (χ0n) is 14.0. The van der Waals surface area contributed by atoms with Crippen LogP contribution in [0.5, 0.6) is 0 Å². The molecule has 24 heavy (non-hydrogen) atoms. The van der Waals surface area contributed by atoms with Crippen molar-refractivity contribution in [3.8, 4) is 0 Å². The number of fused-ring (bicyclic) bond motifs is 3. The van der Waals surface area contributed by atoms with Crippen LogP contribution in [0, 0.1) is 20.8 Å². The molecule has 0 spiro atoms. The maximum atomic E-state index is 5.86. The maximum Gasteiger partial charge on any atom is 0.221 e. The SMILES string of the molecule is Cc1cn(N=Cc2cc(C)c3[nH]c4ccccc4c3c2C)c(N)n1. The van der Waals surface area contributed by atoms with Crippen LogP contribution < -0.4 is 5.73 Å².